The maximum atomic E-state index is 13.3. The summed E-state index contributed by atoms with van der Waals surface area (Å²) in [5, 5.41) is 1.17. The monoisotopic (exact) mass is 371 g/mol. The first kappa shape index (κ1) is 17.6. The second kappa shape index (κ2) is 6.72. The number of carbonyl (C=O) groups excluding carboxylic acids is 1. The third-order valence-corrected chi connectivity index (χ3v) is 6.94. The highest BCUT2D eigenvalue weighted by Gasteiger charge is 2.43. The highest BCUT2D eigenvalue weighted by atomic mass is 32.2. The van der Waals surface area contributed by atoms with Crippen LogP contribution in [0.3, 0.4) is 0 Å². The van der Waals surface area contributed by atoms with Crippen molar-refractivity contribution in [2.24, 2.45) is 0 Å². The molecule has 5 nitrogen and oxygen atoms in total. The zero-order valence-electron chi connectivity index (χ0n) is 15.6. The molecule has 2 fully saturated rings. The molecule has 138 valence electrons. The minimum Gasteiger partial charge on any atom is -0.332 e. The van der Waals surface area contributed by atoms with Gasteiger partial charge in [0.25, 0.3) is 5.91 Å². The van der Waals surface area contributed by atoms with E-state index >= 15 is 0 Å². The predicted molar refractivity (Wildman–Crippen MR) is 106 cm³/mol. The van der Waals surface area contributed by atoms with E-state index in [0.29, 0.717) is 28.4 Å². The summed E-state index contributed by atoms with van der Waals surface area (Å²) in [5.74, 6) is -0.0910. The Bertz CT molecular complexity index is 909. The first-order chi connectivity index (χ1) is 12.5. The number of pyridine rings is 2. The van der Waals surface area contributed by atoms with Crippen LogP contribution in [-0.2, 0) is 6.54 Å². The number of aromatic nitrogens is 2. The number of thioether (sulfide) groups is 1. The summed E-state index contributed by atoms with van der Waals surface area (Å²) < 4.78 is 1.92. The quantitative estimate of drug-likeness (QED) is 0.831. The maximum Gasteiger partial charge on any atom is 0.259 e. The molecule has 0 radical (unpaired) electrons. The van der Waals surface area contributed by atoms with Crippen LogP contribution < -0.4 is 5.43 Å². The molecule has 4 rings (SSSR count). The topological polar surface area (TPSA) is 55.2 Å². The van der Waals surface area contributed by atoms with Crippen molar-refractivity contribution >= 4 is 28.7 Å². The number of nitrogens with zero attached hydrogens (tertiary/aromatic N) is 3. The number of carbonyl (C=O) groups is 1. The van der Waals surface area contributed by atoms with Crippen LogP contribution in [0.1, 0.15) is 48.7 Å². The summed E-state index contributed by atoms with van der Waals surface area (Å²) in [4.78, 5) is 32.9. The Morgan fingerprint density at radius 1 is 1.27 bits per heavy atom. The maximum absolute atomic E-state index is 13.3. The van der Waals surface area contributed by atoms with Gasteiger partial charge in [-0.15, -0.1) is 0 Å². The third-order valence-electron chi connectivity index (χ3n) is 5.89. The van der Waals surface area contributed by atoms with Crippen molar-refractivity contribution < 1.29 is 4.79 Å². The van der Waals surface area contributed by atoms with E-state index in [0.717, 1.165) is 31.4 Å². The molecule has 1 amide bonds. The number of amides is 1. The molecule has 4 heterocycles. The van der Waals surface area contributed by atoms with Crippen LogP contribution in [0.25, 0.3) is 11.0 Å². The number of aryl methyl sites for hydroxylation is 2. The summed E-state index contributed by atoms with van der Waals surface area (Å²) in [5.41, 5.74) is 1.64. The van der Waals surface area contributed by atoms with Gasteiger partial charge in [-0.25, -0.2) is 4.98 Å². The van der Waals surface area contributed by atoms with Crippen molar-refractivity contribution in [1.82, 2.24) is 14.5 Å². The predicted octanol–water partition coefficient (Wildman–Crippen LogP) is 3.22. The van der Waals surface area contributed by atoms with Gasteiger partial charge in [0.15, 0.2) is 0 Å². The van der Waals surface area contributed by atoms with Gasteiger partial charge in [0.05, 0.1) is 5.39 Å². The molecule has 6 heteroatoms. The van der Waals surface area contributed by atoms with Crippen molar-refractivity contribution in [2.75, 3.05) is 6.26 Å². The van der Waals surface area contributed by atoms with Crippen molar-refractivity contribution in [1.29, 1.82) is 0 Å². The van der Waals surface area contributed by atoms with Gasteiger partial charge >= 0.3 is 0 Å². The fraction of sp³-hybridized carbons (Fsp3) is 0.550. The zero-order chi connectivity index (χ0) is 18.4. The molecular weight excluding hydrogens is 346 g/mol. The Morgan fingerprint density at radius 3 is 2.58 bits per heavy atom. The average Bonchev–Trinajstić information content (AvgIpc) is 2.91. The molecule has 0 saturated carbocycles. The largest absolute Gasteiger partial charge is 0.332 e. The smallest absolute Gasteiger partial charge is 0.259 e. The summed E-state index contributed by atoms with van der Waals surface area (Å²) >= 11 is 1.90. The number of rotatable bonds is 3. The van der Waals surface area contributed by atoms with Crippen molar-refractivity contribution in [2.45, 2.75) is 63.4 Å². The van der Waals surface area contributed by atoms with Crippen LogP contribution in [-0.4, -0.2) is 43.9 Å². The Kier molecular flexibility index (Phi) is 4.55. The molecule has 2 aromatic heterocycles. The SMILES string of the molecule is CCn1cc(C(=O)N2C3CCC2CC(SC)C3)c(=O)c2ccc(C)nc21. The number of fused-ring (bicyclic) bond motifs is 3. The first-order valence-electron chi connectivity index (χ1n) is 9.39. The number of piperidine rings is 1. The van der Waals surface area contributed by atoms with E-state index < -0.39 is 0 Å². The van der Waals surface area contributed by atoms with Crippen LogP contribution >= 0.6 is 11.8 Å². The standard InChI is InChI=1S/C20H25N3O2S/c1-4-22-11-17(18(24)16-8-5-12(2)21-19(16)22)20(25)23-13-6-7-14(23)10-15(9-13)26-3/h5,8,11,13-15H,4,6-7,9-10H2,1-3H3. The van der Waals surface area contributed by atoms with Gasteiger partial charge in [-0.1, -0.05) is 0 Å². The van der Waals surface area contributed by atoms with Gasteiger partial charge in [-0.05, 0) is 57.9 Å². The highest BCUT2D eigenvalue weighted by molar-refractivity contribution is 7.99. The number of hydrogen-bond donors (Lipinski definition) is 0. The van der Waals surface area contributed by atoms with Gasteiger partial charge in [0.2, 0.25) is 5.43 Å². The normalized spacial score (nSPS) is 25.0. The molecule has 2 atom stereocenters. The lowest BCUT2D eigenvalue weighted by Crippen LogP contribution is -2.48. The van der Waals surface area contributed by atoms with E-state index in [1.54, 1.807) is 12.3 Å². The van der Waals surface area contributed by atoms with E-state index in [2.05, 4.69) is 11.2 Å². The Labute approximate surface area is 157 Å². The van der Waals surface area contributed by atoms with E-state index in [9.17, 15) is 9.59 Å². The molecule has 2 unspecified atom stereocenters. The molecule has 0 aromatic carbocycles. The van der Waals surface area contributed by atoms with Gasteiger partial charge < -0.3 is 9.47 Å². The molecule has 0 N–H and O–H groups in total. The van der Waals surface area contributed by atoms with Crippen molar-refractivity contribution in [3.05, 3.63) is 39.8 Å². The Morgan fingerprint density at radius 2 is 1.96 bits per heavy atom. The molecule has 0 spiro atoms. The molecule has 2 aromatic rings. The Balaban J connectivity index is 1.78. The Hall–Kier alpha value is -1.82. The fourth-order valence-electron chi connectivity index (χ4n) is 4.54. The lowest BCUT2D eigenvalue weighted by Gasteiger charge is -2.38. The summed E-state index contributed by atoms with van der Waals surface area (Å²) in [7, 11) is 0. The first-order valence-corrected chi connectivity index (χ1v) is 10.7. The molecule has 2 aliphatic heterocycles. The summed E-state index contributed by atoms with van der Waals surface area (Å²) in [6, 6.07) is 4.20. The lowest BCUT2D eigenvalue weighted by molar-refractivity contribution is 0.0599. The van der Waals surface area contributed by atoms with E-state index in [-0.39, 0.29) is 23.4 Å². The van der Waals surface area contributed by atoms with Gasteiger partial charge in [-0.2, -0.15) is 11.8 Å². The van der Waals surface area contributed by atoms with Crippen molar-refractivity contribution in [3.63, 3.8) is 0 Å². The van der Waals surface area contributed by atoms with Crippen LogP contribution in [0.4, 0.5) is 0 Å². The third kappa shape index (κ3) is 2.75. The minimum atomic E-state index is -0.186. The molecule has 2 saturated heterocycles. The molecule has 2 aliphatic rings. The summed E-state index contributed by atoms with van der Waals surface area (Å²) in [6.45, 7) is 4.60. The van der Waals surface area contributed by atoms with Crippen molar-refractivity contribution in [3.8, 4) is 0 Å². The van der Waals surface area contributed by atoms with E-state index in [1.165, 1.54) is 0 Å². The minimum absolute atomic E-state index is 0.0910. The van der Waals surface area contributed by atoms with Crippen LogP contribution in [0.2, 0.25) is 0 Å². The fourth-order valence-corrected chi connectivity index (χ4v) is 5.37. The second-order valence-corrected chi connectivity index (χ2v) is 8.55. The molecular formula is C20H25N3O2S. The molecule has 0 aliphatic carbocycles. The van der Waals surface area contributed by atoms with Gasteiger partial charge in [0.1, 0.15) is 11.2 Å². The zero-order valence-corrected chi connectivity index (χ0v) is 16.4. The highest BCUT2D eigenvalue weighted by Crippen LogP contribution is 2.40. The second-order valence-electron chi connectivity index (χ2n) is 7.41. The summed E-state index contributed by atoms with van der Waals surface area (Å²) in [6.07, 6.45) is 8.08. The van der Waals surface area contributed by atoms with Crippen LogP contribution in [0, 0.1) is 6.92 Å². The lowest BCUT2D eigenvalue weighted by atomic mass is 10.0. The van der Waals surface area contributed by atoms with Crippen LogP contribution in [0.15, 0.2) is 23.1 Å². The van der Waals surface area contributed by atoms with Gasteiger partial charge in [-0.3, -0.25) is 9.59 Å². The van der Waals surface area contributed by atoms with E-state index in [4.69, 9.17) is 0 Å². The van der Waals surface area contributed by atoms with E-state index in [1.807, 2.05) is 41.1 Å². The molecule has 2 bridgehead atoms. The van der Waals surface area contributed by atoms with Gasteiger partial charge in [0, 0.05) is 35.8 Å². The number of hydrogen-bond acceptors (Lipinski definition) is 4. The average molecular weight is 372 g/mol. The van der Waals surface area contributed by atoms with Crippen LogP contribution in [0.5, 0.6) is 0 Å². The molecule has 26 heavy (non-hydrogen) atoms.